The molecule has 0 saturated heterocycles. The molecule has 0 fully saturated rings. The lowest BCUT2D eigenvalue weighted by Crippen LogP contribution is -2.14. The van der Waals surface area contributed by atoms with Gasteiger partial charge in [0.25, 0.3) is 0 Å². The third kappa shape index (κ3) is 2.43. The molecule has 0 radical (unpaired) electrons. The van der Waals surface area contributed by atoms with Gasteiger partial charge in [-0.25, -0.2) is 0 Å². The SMILES string of the molecule is Cc1cc(C)cc(C(N)c2ccc3ccccc3n2)c1. The Labute approximate surface area is 119 Å². The summed E-state index contributed by atoms with van der Waals surface area (Å²) in [5, 5.41) is 1.14. The fourth-order valence-corrected chi connectivity index (χ4v) is 2.62. The number of fused-ring (bicyclic) bond motifs is 1. The van der Waals surface area contributed by atoms with Crippen molar-refractivity contribution in [3.63, 3.8) is 0 Å². The van der Waals surface area contributed by atoms with E-state index in [4.69, 9.17) is 5.73 Å². The van der Waals surface area contributed by atoms with E-state index < -0.39 is 0 Å². The van der Waals surface area contributed by atoms with Gasteiger partial charge in [-0.1, -0.05) is 53.6 Å². The van der Waals surface area contributed by atoms with Gasteiger partial charge in [0, 0.05) is 5.39 Å². The summed E-state index contributed by atoms with van der Waals surface area (Å²) in [6.07, 6.45) is 0. The second kappa shape index (κ2) is 5.06. The summed E-state index contributed by atoms with van der Waals surface area (Å²) < 4.78 is 0. The molecule has 0 aliphatic rings. The lowest BCUT2D eigenvalue weighted by Gasteiger charge is -2.14. The highest BCUT2D eigenvalue weighted by atomic mass is 14.8. The molecule has 3 aromatic rings. The first-order valence-electron chi connectivity index (χ1n) is 6.83. The van der Waals surface area contributed by atoms with Crippen LogP contribution in [0.3, 0.4) is 0 Å². The van der Waals surface area contributed by atoms with Crippen LogP contribution in [0.25, 0.3) is 10.9 Å². The van der Waals surface area contributed by atoms with Crippen molar-refractivity contribution in [1.29, 1.82) is 0 Å². The molecule has 2 aromatic carbocycles. The van der Waals surface area contributed by atoms with Crippen LogP contribution in [0.2, 0.25) is 0 Å². The van der Waals surface area contributed by atoms with Gasteiger partial charge in [0.15, 0.2) is 0 Å². The van der Waals surface area contributed by atoms with Gasteiger partial charge >= 0.3 is 0 Å². The van der Waals surface area contributed by atoms with Crippen molar-refractivity contribution in [2.75, 3.05) is 0 Å². The summed E-state index contributed by atoms with van der Waals surface area (Å²) in [6.45, 7) is 4.19. The lowest BCUT2D eigenvalue weighted by molar-refractivity contribution is 0.833. The molecular weight excluding hydrogens is 244 g/mol. The van der Waals surface area contributed by atoms with E-state index in [1.54, 1.807) is 0 Å². The normalized spacial score (nSPS) is 12.6. The molecule has 2 nitrogen and oxygen atoms in total. The van der Waals surface area contributed by atoms with Crippen molar-refractivity contribution < 1.29 is 0 Å². The largest absolute Gasteiger partial charge is 0.319 e. The minimum Gasteiger partial charge on any atom is -0.319 e. The summed E-state index contributed by atoms with van der Waals surface area (Å²) in [6, 6.07) is 18.5. The van der Waals surface area contributed by atoms with Gasteiger partial charge in [-0.05, 0) is 31.5 Å². The zero-order chi connectivity index (χ0) is 14.1. The molecule has 0 aliphatic heterocycles. The van der Waals surface area contributed by atoms with E-state index >= 15 is 0 Å². The predicted molar refractivity (Wildman–Crippen MR) is 83.7 cm³/mol. The topological polar surface area (TPSA) is 38.9 Å². The van der Waals surface area contributed by atoms with Crippen molar-refractivity contribution in [2.45, 2.75) is 19.9 Å². The summed E-state index contributed by atoms with van der Waals surface area (Å²) in [7, 11) is 0. The van der Waals surface area contributed by atoms with Crippen LogP contribution in [-0.2, 0) is 0 Å². The average molecular weight is 262 g/mol. The minimum absolute atomic E-state index is 0.182. The molecule has 0 amide bonds. The Balaban J connectivity index is 2.05. The highest BCUT2D eigenvalue weighted by molar-refractivity contribution is 5.78. The Morgan fingerprint density at radius 3 is 2.35 bits per heavy atom. The summed E-state index contributed by atoms with van der Waals surface area (Å²) in [4.78, 5) is 4.69. The van der Waals surface area contributed by atoms with Gasteiger partial charge in [-0.15, -0.1) is 0 Å². The molecule has 0 bridgehead atoms. The number of benzene rings is 2. The standard InChI is InChI=1S/C18H18N2/c1-12-9-13(2)11-15(10-12)18(19)17-8-7-14-5-3-4-6-16(14)20-17/h3-11,18H,19H2,1-2H3. The van der Waals surface area contributed by atoms with E-state index in [9.17, 15) is 0 Å². The van der Waals surface area contributed by atoms with E-state index in [0.717, 1.165) is 22.2 Å². The van der Waals surface area contributed by atoms with Gasteiger partial charge in [0.05, 0.1) is 17.3 Å². The molecule has 2 N–H and O–H groups in total. The molecule has 2 heteroatoms. The van der Waals surface area contributed by atoms with Crippen molar-refractivity contribution >= 4 is 10.9 Å². The molecular formula is C18H18N2. The number of aromatic nitrogens is 1. The second-order valence-corrected chi connectivity index (χ2v) is 5.33. The van der Waals surface area contributed by atoms with E-state index in [2.05, 4.69) is 49.2 Å². The lowest BCUT2D eigenvalue weighted by atomic mass is 9.99. The third-order valence-electron chi connectivity index (χ3n) is 3.54. The van der Waals surface area contributed by atoms with Gasteiger partial charge in [0.1, 0.15) is 0 Å². The monoisotopic (exact) mass is 262 g/mol. The van der Waals surface area contributed by atoms with Gasteiger partial charge in [0.2, 0.25) is 0 Å². The Hall–Kier alpha value is -2.19. The number of nitrogens with two attached hydrogens (primary N) is 1. The third-order valence-corrected chi connectivity index (χ3v) is 3.54. The highest BCUT2D eigenvalue weighted by Crippen LogP contribution is 2.22. The quantitative estimate of drug-likeness (QED) is 0.760. The van der Waals surface area contributed by atoms with Crippen molar-refractivity contribution in [3.05, 3.63) is 77.0 Å². The maximum Gasteiger partial charge on any atom is 0.0726 e. The highest BCUT2D eigenvalue weighted by Gasteiger charge is 2.11. The van der Waals surface area contributed by atoms with Crippen LogP contribution in [0.5, 0.6) is 0 Å². The van der Waals surface area contributed by atoms with Crippen LogP contribution >= 0.6 is 0 Å². The number of hydrogen-bond acceptors (Lipinski definition) is 2. The van der Waals surface area contributed by atoms with Gasteiger partial charge in [-0.2, -0.15) is 0 Å². The summed E-state index contributed by atoms with van der Waals surface area (Å²) >= 11 is 0. The van der Waals surface area contributed by atoms with Gasteiger partial charge in [-0.3, -0.25) is 4.98 Å². The number of nitrogens with zero attached hydrogens (tertiary/aromatic N) is 1. The number of hydrogen-bond donors (Lipinski definition) is 1. The van der Waals surface area contributed by atoms with Gasteiger partial charge < -0.3 is 5.73 Å². The maximum atomic E-state index is 6.38. The summed E-state index contributed by atoms with van der Waals surface area (Å²) in [5.74, 6) is 0. The number of rotatable bonds is 2. The molecule has 1 aromatic heterocycles. The van der Waals surface area contributed by atoms with Crippen LogP contribution in [0, 0.1) is 13.8 Å². The van der Waals surface area contributed by atoms with Crippen LogP contribution in [-0.4, -0.2) is 4.98 Å². The molecule has 1 atom stereocenters. The van der Waals surface area contributed by atoms with Crippen LogP contribution in [0.1, 0.15) is 28.4 Å². The van der Waals surface area contributed by atoms with Crippen molar-refractivity contribution in [2.24, 2.45) is 5.73 Å². The predicted octanol–water partition coefficient (Wildman–Crippen LogP) is 3.90. The van der Waals surface area contributed by atoms with Crippen LogP contribution in [0.4, 0.5) is 0 Å². The first-order valence-corrected chi connectivity index (χ1v) is 6.83. The Morgan fingerprint density at radius 2 is 1.60 bits per heavy atom. The summed E-state index contributed by atoms with van der Waals surface area (Å²) in [5.41, 5.74) is 11.9. The molecule has 0 aliphatic carbocycles. The first-order chi connectivity index (χ1) is 9.63. The molecule has 0 spiro atoms. The average Bonchev–Trinajstić information content (AvgIpc) is 2.45. The minimum atomic E-state index is -0.182. The molecule has 3 rings (SSSR count). The zero-order valence-electron chi connectivity index (χ0n) is 11.8. The maximum absolute atomic E-state index is 6.38. The Bertz CT molecular complexity index is 742. The number of aryl methyl sites for hydroxylation is 2. The Morgan fingerprint density at radius 1 is 0.900 bits per heavy atom. The molecule has 0 saturated carbocycles. The van der Waals surface area contributed by atoms with E-state index in [1.165, 1.54) is 11.1 Å². The molecule has 1 heterocycles. The smallest absolute Gasteiger partial charge is 0.0726 e. The molecule has 1 unspecified atom stereocenters. The Kier molecular flexibility index (Phi) is 3.25. The fourth-order valence-electron chi connectivity index (χ4n) is 2.62. The fraction of sp³-hybridized carbons (Fsp3) is 0.167. The number of para-hydroxylation sites is 1. The zero-order valence-corrected chi connectivity index (χ0v) is 11.8. The van der Waals surface area contributed by atoms with E-state index in [1.807, 2.05) is 24.3 Å². The van der Waals surface area contributed by atoms with Crippen molar-refractivity contribution in [3.8, 4) is 0 Å². The van der Waals surface area contributed by atoms with Crippen molar-refractivity contribution in [1.82, 2.24) is 4.98 Å². The van der Waals surface area contributed by atoms with E-state index in [-0.39, 0.29) is 6.04 Å². The first kappa shape index (κ1) is 12.8. The second-order valence-electron chi connectivity index (χ2n) is 5.33. The molecule has 20 heavy (non-hydrogen) atoms. The van der Waals surface area contributed by atoms with E-state index in [0.29, 0.717) is 0 Å². The molecule has 100 valence electrons. The van der Waals surface area contributed by atoms with Crippen LogP contribution in [0.15, 0.2) is 54.6 Å². The van der Waals surface area contributed by atoms with Crippen LogP contribution < -0.4 is 5.73 Å². The number of pyridine rings is 1.